The van der Waals surface area contributed by atoms with Gasteiger partial charge in [-0.05, 0) is 17.0 Å². The van der Waals surface area contributed by atoms with Crippen molar-refractivity contribution in [2.75, 3.05) is 0 Å². The van der Waals surface area contributed by atoms with Crippen LogP contribution in [0.4, 0.5) is 13.2 Å². The van der Waals surface area contributed by atoms with Crippen LogP contribution in [-0.4, -0.2) is 4.98 Å². The first-order valence-electron chi connectivity index (χ1n) is 5.84. The quantitative estimate of drug-likeness (QED) is 0.774. The molecule has 102 valence electrons. The van der Waals surface area contributed by atoms with E-state index in [1.54, 1.807) is 12.1 Å². The number of halogens is 3. The fourth-order valence-corrected chi connectivity index (χ4v) is 2.05. The molecular formula is C14H14F3NO. The lowest BCUT2D eigenvalue weighted by molar-refractivity contribution is -0.141. The maximum atomic E-state index is 12.8. The molecule has 0 atom stereocenters. The van der Waals surface area contributed by atoms with E-state index >= 15 is 0 Å². The standard InChI is InChI=1S/C14H14F3NO/c1-13(2,3)9-6-4-5-8-10(19)7-11(14(15,16)17)18-12(8)9/h4-7H,1-3H3,(H,18,19). The summed E-state index contributed by atoms with van der Waals surface area (Å²) in [6.45, 7) is 5.67. The molecule has 0 saturated carbocycles. The maximum Gasteiger partial charge on any atom is 0.431 e. The number of fused-ring (bicyclic) bond motifs is 1. The van der Waals surface area contributed by atoms with Crippen molar-refractivity contribution in [3.8, 4) is 0 Å². The van der Waals surface area contributed by atoms with Crippen molar-refractivity contribution < 1.29 is 13.2 Å². The summed E-state index contributed by atoms with van der Waals surface area (Å²) >= 11 is 0. The molecule has 1 heterocycles. The van der Waals surface area contributed by atoms with E-state index in [4.69, 9.17) is 0 Å². The minimum atomic E-state index is -4.56. The lowest BCUT2D eigenvalue weighted by Gasteiger charge is -2.21. The van der Waals surface area contributed by atoms with Crippen molar-refractivity contribution in [3.05, 3.63) is 45.7 Å². The third-order valence-electron chi connectivity index (χ3n) is 2.98. The number of hydrogen-bond acceptors (Lipinski definition) is 1. The number of pyridine rings is 1. The highest BCUT2D eigenvalue weighted by Crippen LogP contribution is 2.31. The van der Waals surface area contributed by atoms with Gasteiger partial charge in [0.2, 0.25) is 0 Å². The van der Waals surface area contributed by atoms with E-state index in [-0.39, 0.29) is 16.3 Å². The van der Waals surface area contributed by atoms with Gasteiger partial charge in [0.1, 0.15) is 5.69 Å². The summed E-state index contributed by atoms with van der Waals surface area (Å²) in [5.74, 6) is 0. The van der Waals surface area contributed by atoms with Gasteiger partial charge >= 0.3 is 6.18 Å². The van der Waals surface area contributed by atoms with Crippen molar-refractivity contribution in [2.24, 2.45) is 0 Å². The SMILES string of the molecule is CC(C)(C)c1cccc2c(=O)cc(C(F)(F)F)[nH]c12. The van der Waals surface area contributed by atoms with Crippen LogP contribution in [0.25, 0.3) is 10.9 Å². The predicted octanol–water partition coefficient (Wildman–Crippen LogP) is 3.84. The summed E-state index contributed by atoms with van der Waals surface area (Å²) in [6.07, 6.45) is -4.56. The molecule has 1 aromatic heterocycles. The van der Waals surface area contributed by atoms with Crippen LogP contribution in [-0.2, 0) is 11.6 Å². The molecule has 0 aliphatic heterocycles. The van der Waals surface area contributed by atoms with Crippen LogP contribution in [0, 0.1) is 0 Å². The largest absolute Gasteiger partial charge is 0.431 e. The molecule has 0 fully saturated rings. The minimum absolute atomic E-state index is 0.259. The number of rotatable bonds is 0. The average Bonchev–Trinajstić information content (AvgIpc) is 2.25. The highest BCUT2D eigenvalue weighted by Gasteiger charge is 2.33. The Balaban J connectivity index is 2.89. The van der Waals surface area contributed by atoms with Crippen LogP contribution in [0.2, 0.25) is 0 Å². The van der Waals surface area contributed by atoms with Crippen LogP contribution >= 0.6 is 0 Å². The van der Waals surface area contributed by atoms with Gasteiger partial charge in [-0.1, -0.05) is 32.9 Å². The molecule has 0 spiro atoms. The number of aromatic nitrogens is 1. The first-order chi connectivity index (χ1) is 8.60. The Labute approximate surface area is 108 Å². The second-order valence-corrected chi connectivity index (χ2v) is 5.52. The Morgan fingerprint density at radius 2 is 1.74 bits per heavy atom. The molecule has 1 N–H and O–H groups in total. The molecule has 2 rings (SSSR count). The number of H-pyrrole nitrogens is 1. The Morgan fingerprint density at radius 3 is 2.26 bits per heavy atom. The molecule has 0 amide bonds. The summed E-state index contributed by atoms with van der Waals surface area (Å²) in [5.41, 5.74) is -1.04. The second kappa shape index (κ2) is 4.11. The zero-order chi connectivity index (χ0) is 14.4. The van der Waals surface area contributed by atoms with E-state index in [0.717, 1.165) is 0 Å². The molecule has 0 unspecified atom stereocenters. The zero-order valence-electron chi connectivity index (χ0n) is 10.9. The van der Waals surface area contributed by atoms with Gasteiger partial charge in [-0.3, -0.25) is 4.79 Å². The van der Waals surface area contributed by atoms with Gasteiger partial charge in [0.15, 0.2) is 5.43 Å². The molecule has 5 heteroatoms. The maximum absolute atomic E-state index is 12.8. The molecule has 19 heavy (non-hydrogen) atoms. The smallest absolute Gasteiger partial charge is 0.351 e. The molecule has 0 saturated heterocycles. The summed E-state index contributed by atoms with van der Waals surface area (Å²) in [6, 6.07) is 5.56. The number of alkyl halides is 3. The van der Waals surface area contributed by atoms with Crippen molar-refractivity contribution in [1.29, 1.82) is 0 Å². The summed E-state index contributed by atoms with van der Waals surface area (Å²) < 4.78 is 38.3. The molecule has 1 aromatic carbocycles. The number of benzene rings is 1. The topological polar surface area (TPSA) is 32.9 Å². The van der Waals surface area contributed by atoms with E-state index in [1.807, 2.05) is 20.8 Å². The highest BCUT2D eigenvalue weighted by atomic mass is 19.4. The molecule has 0 aliphatic carbocycles. The predicted molar refractivity (Wildman–Crippen MR) is 68.3 cm³/mol. The Bertz CT molecular complexity index is 678. The molecule has 0 radical (unpaired) electrons. The van der Waals surface area contributed by atoms with Crippen molar-refractivity contribution >= 4 is 10.9 Å². The number of hydrogen-bond donors (Lipinski definition) is 1. The van der Waals surface area contributed by atoms with Crippen LogP contribution in [0.3, 0.4) is 0 Å². The van der Waals surface area contributed by atoms with Crippen LogP contribution in [0.15, 0.2) is 29.1 Å². The third-order valence-corrected chi connectivity index (χ3v) is 2.98. The average molecular weight is 269 g/mol. The Morgan fingerprint density at radius 1 is 1.11 bits per heavy atom. The fourth-order valence-electron chi connectivity index (χ4n) is 2.05. The highest BCUT2D eigenvalue weighted by molar-refractivity contribution is 5.82. The van der Waals surface area contributed by atoms with E-state index in [2.05, 4.69) is 4.98 Å². The van der Waals surface area contributed by atoms with Crippen LogP contribution in [0.1, 0.15) is 32.0 Å². The van der Waals surface area contributed by atoms with Crippen LogP contribution in [0.5, 0.6) is 0 Å². The molecule has 0 bridgehead atoms. The molecule has 2 aromatic rings. The van der Waals surface area contributed by atoms with Crippen molar-refractivity contribution in [1.82, 2.24) is 4.98 Å². The van der Waals surface area contributed by atoms with Gasteiger partial charge in [0.25, 0.3) is 0 Å². The van der Waals surface area contributed by atoms with Crippen LogP contribution < -0.4 is 5.43 Å². The van der Waals surface area contributed by atoms with E-state index in [1.165, 1.54) is 6.07 Å². The van der Waals surface area contributed by atoms with E-state index < -0.39 is 17.3 Å². The van der Waals surface area contributed by atoms with Gasteiger partial charge in [0, 0.05) is 11.5 Å². The third kappa shape index (κ3) is 2.50. The Kier molecular flexibility index (Phi) is 2.96. The second-order valence-electron chi connectivity index (χ2n) is 5.52. The first-order valence-corrected chi connectivity index (χ1v) is 5.84. The summed E-state index contributed by atoms with van der Waals surface area (Å²) in [5, 5.41) is 0.278. The molecule has 2 nitrogen and oxygen atoms in total. The Hall–Kier alpha value is -1.78. The monoisotopic (exact) mass is 269 g/mol. The summed E-state index contributed by atoms with van der Waals surface area (Å²) in [7, 11) is 0. The minimum Gasteiger partial charge on any atom is -0.351 e. The number of nitrogens with one attached hydrogen (secondary N) is 1. The number of para-hydroxylation sites is 1. The van der Waals surface area contributed by atoms with E-state index in [0.29, 0.717) is 11.6 Å². The fraction of sp³-hybridized carbons (Fsp3) is 0.357. The lowest BCUT2D eigenvalue weighted by Crippen LogP contribution is -2.18. The van der Waals surface area contributed by atoms with Gasteiger partial charge in [-0.25, -0.2) is 0 Å². The van der Waals surface area contributed by atoms with Gasteiger partial charge in [0.05, 0.1) is 5.52 Å². The number of aromatic amines is 1. The van der Waals surface area contributed by atoms with E-state index in [9.17, 15) is 18.0 Å². The van der Waals surface area contributed by atoms with Crippen molar-refractivity contribution in [2.45, 2.75) is 32.4 Å². The van der Waals surface area contributed by atoms with Gasteiger partial charge in [-0.2, -0.15) is 13.2 Å². The van der Waals surface area contributed by atoms with Gasteiger partial charge in [-0.15, -0.1) is 0 Å². The van der Waals surface area contributed by atoms with Gasteiger partial charge < -0.3 is 4.98 Å². The normalized spacial score (nSPS) is 12.9. The first kappa shape index (κ1) is 13.6. The lowest BCUT2D eigenvalue weighted by atomic mass is 9.85. The summed E-state index contributed by atoms with van der Waals surface area (Å²) in [4.78, 5) is 14.2. The zero-order valence-corrected chi connectivity index (χ0v) is 10.9. The molecule has 0 aliphatic rings. The molecular weight excluding hydrogens is 255 g/mol. The van der Waals surface area contributed by atoms with Crippen molar-refractivity contribution in [3.63, 3.8) is 0 Å².